The van der Waals surface area contributed by atoms with Gasteiger partial charge in [0.1, 0.15) is 5.75 Å². The van der Waals surface area contributed by atoms with Crippen LogP contribution in [0.15, 0.2) is 66.7 Å². The van der Waals surface area contributed by atoms with Crippen LogP contribution >= 0.6 is 0 Å². The number of fused-ring (bicyclic) bond motifs is 1. The number of aromatic nitrogens is 1. The lowest BCUT2D eigenvalue weighted by molar-refractivity contribution is -0.274. The van der Waals surface area contributed by atoms with Crippen LogP contribution in [0.4, 0.5) is 18.0 Å². The van der Waals surface area contributed by atoms with Gasteiger partial charge in [-0.3, -0.25) is 14.9 Å². The molecule has 2 heterocycles. The molecule has 3 aromatic carbocycles. The van der Waals surface area contributed by atoms with E-state index in [-0.39, 0.29) is 18.7 Å². The van der Waals surface area contributed by atoms with Gasteiger partial charge in [0.2, 0.25) is 0 Å². The molecule has 0 radical (unpaired) electrons. The molecule has 1 saturated heterocycles. The molecule has 1 fully saturated rings. The fourth-order valence-corrected chi connectivity index (χ4v) is 5.02. The van der Waals surface area contributed by atoms with Crippen LogP contribution in [0, 0.1) is 13.8 Å². The molecule has 0 saturated carbocycles. The molecule has 0 bridgehead atoms. The molecule has 0 unspecified atom stereocenters. The fourth-order valence-electron chi connectivity index (χ4n) is 5.02. The Balaban J connectivity index is 1.56. The van der Waals surface area contributed by atoms with Gasteiger partial charge in [0.25, 0.3) is 5.91 Å². The van der Waals surface area contributed by atoms with Gasteiger partial charge in [-0.05, 0) is 44.0 Å². The lowest BCUT2D eigenvalue weighted by atomic mass is 9.95. The molecule has 0 aliphatic carbocycles. The van der Waals surface area contributed by atoms with Crippen molar-refractivity contribution in [3.63, 3.8) is 0 Å². The maximum atomic E-state index is 13.6. The first-order chi connectivity index (χ1) is 18.8. The summed E-state index contributed by atoms with van der Waals surface area (Å²) in [6, 6.07) is 18.2. The Morgan fingerprint density at radius 1 is 1.00 bits per heavy atom. The van der Waals surface area contributed by atoms with Crippen molar-refractivity contribution in [3.8, 4) is 5.75 Å². The summed E-state index contributed by atoms with van der Waals surface area (Å²) >= 11 is 0. The van der Waals surface area contributed by atoms with Crippen LogP contribution in [0.2, 0.25) is 0 Å². The van der Waals surface area contributed by atoms with Crippen LogP contribution < -0.4 is 10.1 Å². The first kappa shape index (κ1) is 27.0. The van der Waals surface area contributed by atoms with E-state index in [1.165, 1.54) is 25.1 Å². The van der Waals surface area contributed by atoms with Crippen molar-refractivity contribution in [3.05, 3.63) is 100 Å². The normalized spacial score (nSPS) is 17.1. The van der Waals surface area contributed by atoms with Crippen molar-refractivity contribution >= 4 is 28.7 Å². The van der Waals surface area contributed by atoms with Gasteiger partial charge in [0.05, 0.1) is 11.1 Å². The van der Waals surface area contributed by atoms with E-state index in [1.807, 2.05) is 31.2 Å². The lowest BCUT2D eigenvalue weighted by Crippen LogP contribution is -2.38. The molecule has 4 aromatic rings. The van der Waals surface area contributed by atoms with Gasteiger partial charge >= 0.3 is 12.5 Å². The molecule has 1 aliphatic rings. The second kappa shape index (κ2) is 9.86. The number of alkyl halides is 3. The minimum absolute atomic E-state index is 0.130. The second-order valence-corrected chi connectivity index (χ2v) is 10.0. The number of ketones is 1. The van der Waals surface area contributed by atoms with Crippen molar-refractivity contribution in [1.82, 2.24) is 9.88 Å². The Morgan fingerprint density at radius 2 is 1.70 bits per heavy atom. The van der Waals surface area contributed by atoms with Crippen molar-refractivity contribution in [2.75, 3.05) is 0 Å². The maximum Gasteiger partial charge on any atom is 0.573 e. The number of hydrogen-bond acceptors (Lipinski definition) is 5. The quantitative estimate of drug-likeness (QED) is 0.285. The number of imide groups is 1. The molecular formula is C30H25F3N2O5. The summed E-state index contributed by atoms with van der Waals surface area (Å²) in [6.07, 6.45) is -5.55. The van der Waals surface area contributed by atoms with E-state index in [2.05, 4.69) is 10.1 Å². The van der Waals surface area contributed by atoms with E-state index < -0.39 is 29.7 Å². The summed E-state index contributed by atoms with van der Waals surface area (Å²) in [6.45, 7) is 5.40. The van der Waals surface area contributed by atoms with Crippen LogP contribution in [0.25, 0.3) is 10.9 Å². The van der Waals surface area contributed by atoms with Crippen LogP contribution in [0.5, 0.6) is 5.75 Å². The van der Waals surface area contributed by atoms with Crippen LogP contribution in [0.3, 0.4) is 0 Å². The van der Waals surface area contributed by atoms with Gasteiger partial charge in [-0.15, -0.1) is 13.2 Å². The Morgan fingerprint density at radius 3 is 2.35 bits per heavy atom. The SMILES string of the molecule is Cc1ccc(C(=O)c2c(C)n(Cc3cccc(C[C@@]4(C)OC(=O)NC4=O)c3)c3cc(OC(F)(F)F)ccc23)cc1. The summed E-state index contributed by atoms with van der Waals surface area (Å²) in [5, 5.41) is 2.63. The highest BCUT2D eigenvalue weighted by Gasteiger charge is 2.44. The zero-order valence-corrected chi connectivity index (χ0v) is 21.9. The number of carbonyl (C=O) groups is 3. The lowest BCUT2D eigenvalue weighted by Gasteiger charge is -2.19. The highest BCUT2D eigenvalue weighted by molar-refractivity contribution is 6.17. The molecule has 1 atom stereocenters. The monoisotopic (exact) mass is 550 g/mol. The summed E-state index contributed by atoms with van der Waals surface area (Å²) < 4.78 is 50.1. The molecule has 1 aromatic heterocycles. The third kappa shape index (κ3) is 5.29. The van der Waals surface area contributed by atoms with E-state index in [0.29, 0.717) is 27.7 Å². The number of alkyl carbamates (subject to hydrolysis) is 1. The molecule has 1 N–H and O–H groups in total. The maximum absolute atomic E-state index is 13.6. The molecule has 0 spiro atoms. The number of amides is 2. The summed E-state index contributed by atoms with van der Waals surface area (Å²) in [7, 11) is 0. The molecule has 206 valence electrons. The number of carbonyl (C=O) groups excluding carboxylic acids is 3. The van der Waals surface area contributed by atoms with E-state index in [9.17, 15) is 27.6 Å². The number of nitrogens with one attached hydrogen (secondary N) is 1. The molecule has 1 aliphatic heterocycles. The van der Waals surface area contributed by atoms with Crippen LogP contribution in [0.1, 0.15) is 45.2 Å². The van der Waals surface area contributed by atoms with Crippen molar-refractivity contribution in [1.29, 1.82) is 0 Å². The smallest absolute Gasteiger partial charge is 0.432 e. The first-order valence-electron chi connectivity index (χ1n) is 12.5. The highest BCUT2D eigenvalue weighted by Crippen LogP contribution is 2.34. The standard InChI is InChI=1S/C30H25F3N2O5/c1-17-7-9-21(10-8-17)26(36)25-18(2)35(24-14-22(11-12-23(24)25)39-30(31,32)33)16-20-6-4-5-19(13-20)15-29(3)27(37)34-28(38)40-29/h4-14H,15-16H2,1-3H3,(H,34,37,38)/t29-/m1/s1. The Labute approximate surface area is 227 Å². The predicted octanol–water partition coefficient (Wildman–Crippen LogP) is 6.00. The van der Waals surface area contributed by atoms with Crippen molar-refractivity contribution in [2.24, 2.45) is 0 Å². The average molecular weight is 551 g/mol. The molecule has 5 rings (SSSR count). The van der Waals surface area contributed by atoms with Crippen molar-refractivity contribution < 1.29 is 37.0 Å². The van der Waals surface area contributed by atoms with Gasteiger partial charge in [-0.2, -0.15) is 0 Å². The number of cyclic esters (lactones) is 1. The fraction of sp³-hybridized carbons (Fsp3) is 0.233. The van der Waals surface area contributed by atoms with E-state index in [0.717, 1.165) is 16.7 Å². The van der Waals surface area contributed by atoms with E-state index in [4.69, 9.17) is 4.74 Å². The molecule has 40 heavy (non-hydrogen) atoms. The number of aryl methyl sites for hydroxylation is 1. The highest BCUT2D eigenvalue weighted by atomic mass is 19.4. The van der Waals surface area contributed by atoms with Crippen LogP contribution in [-0.4, -0.2) is 34.3 Å². The molecular weight excluding hydrogens is 525 g/mol. The Bertz CT molecular complexity index is 1660. The van der Waals surface area contributed by atoms with Crippen LogP contribution in [-0.2, 0) is 22.5 Å². The van der Waals surface area contributed by atoms with Gasteiger partial charge in [0.15, 0.2) is 11.4 Å². The zero-order valence-electron chi connectivity index (χ0n) is 21.9. The minimum Gasteiger partial charge on any atom is -0.432 e. The predicted molar refractivity (Wildman–Crippen MR) is 140 cm³/mol. The van der Waals surface area contributed by atoms with Gasteiger partial charge in [-0.1, -0.05) is 54.1 Å². The number of benzene rings is 3. The van der Waals surface area contributed by atoms with E-state index in [1.54, 1.807) is 35.8 Å². The number of rotatable bonds is 7. The molecule has 10 heteroatoms. The Kier molecular flexibility index (Phi) is 6.65. The Hall–Kier alpha value is -4.60. The minimum atomic E-state index is -4.87. The number of ether oxygens (including phenoxy) is 2. The number of hydrogen-bond donors (Lipinski definition) is 1. The summed E-state index contributed by atoms with van der Waals surface area (Å²) in [5.41, 5.74) is 2.94. The molecule has 2 amide bonds. The average Bonchev–Trinajstić information content (AvgIpc) is 3.28. The second-order valence-electron chi connectivity index (χ2n) is 10.0. The topological polar surface area (TPSA) is 86.6 Å². The number of halogens is 3. The van der Waals surface area contributed by atoms with Gasteiger partial charge in [0, 0.05) is 35.7 Å². The molecule has 7 nitrogen and oxygen atoms in total. The third-order valence-electron chi connectivity index (χ3n) is 6.96. The summed E-state index contributed by atoms with van der Waals surface area (Å²) in [5.74, 6) is -1.18. The number of nitrogens with zero attached hydrogens (tertiary/aromatic N) is 1. The third-order valence-corrected chi connectivity index (χ3v) is 6.96. The van der Waals surface area contributed by atoms with Gasteiger partial charge in [-0.25, -0.2) is 4.79 Å². The first-order valence-corrected chi connectivity index (χ1v) is 12.5. The largest absolute Gasteiger partial charge is 0.573 e. The van der Waals surface area contributed by atoms with Gasteiger partial charge < -0.3 is 14.0 Å². The van der Waals surface area contributed by atoms with Crippen molar-refractivity contribution in [2.45, 2.75) is 45.7 Å². The summed E-state index contributed by atoms with van der Waals surface area (Å²) in [4.78, 5) is 37.4. The van der Waals surface area contributed by atoms with E-state index >= 15 is 0 Å². The zero-order chi connectivity index (χ0) is 28.8.